The first-order valence-corrected chi connectivity index (χ1v) is 7.91. The summed E-state index contributed by atoms with van der Waals surface area (Å²) in [5.74, 6) is 2.87. The lowest BCUT2D eigenvalue weighted by atomic mass is 10.3. The average Bonchev–Trinajstić information content (AvgIpc) is 3.24. The summed E-state index contributed by atoms with van der Waals surface area (Å²) in [6.07, 6.45) is 1.58. The summed E-state index contributed by atoms with van der Waals surface area (Å²) in [7, 11) is 1.58. The zero-order chi connectivity index (χ0) is 17.4. The molecule has 3 heterocycles. The molecule has 0 aliphatic carbocycles. The third-order valence-corrected chi connectivity index (χ3v) is 3.90. The predicted molar refractivity (Wildman–Crippen MR) is 94.5 cm³/mol. The lowest BCUT2D eigenvalue weighted by Gasteiger charge is -2.10. The van der Waals surface area contributed by atoms with Gasteiger partial charge in [-0.05, 0) is 37.3 Å². The van der Waals surface area contributed by atoms with E-state index in [1.165, 1.54) is 0 Å². The van der Waals surface area contributed by atoms with Gasteiger partial charge >= 0.3 is 0 Å². The molecule has 126 valence electrons. The fourth-order valence-corrected chi connectivity index (χ4v) is 2.74. The van der Waals surface area contributed by atoms with Crippen molar-refractivity contribution in [1.82, 2.24) is 19.6 Å². The summed E-state index contributed by atoms with van der Waals surface area (Å²) in [6.45, 7) is 1.90. The molecule has 1 aromatic carbocycles. The highest BCUT2D eigenvalue weighted by Gasteiger charge is 2.13. The number of rotatable bonds is 4. The maximum absolute atomic E-state index is 6.19. The van der Waals surface area contributed by atoms with Crippen LogP contribution in [-0.2, 0) is 0 Å². The molecule has 25 heavy (non-hydrogen) atoms. The van der Waals surface area contributed by atoms with Gasteiger partial charge in [-0.3, -0.25) is 0 Å². The smallest absolute Gasteiger partial charge is 0.255 e. The normalized spacial score (nSPS) is 11.0. The van der Waals surface area contributed by atoms with Crippen molar-refractivity contribution in [1.29, 1.82) is 0 Å². The Kier molecular flexibility index (Phi) is 3.77. The van der Waals surface area contributed by atoms with Crippen LogP contribution in [-0.4, -0.2) is 26.7 Å². The first-order valence-electron chi connectivity index (χ1n) is 7.53. The van der Waals surface area contributed by atoms with Gasteiger partial charge in [0.1, 0.15) is 11.6 Å². The summed E-state index contributed by atoms with van der Waals surface area (Å²) >= 11 is 6.19. The van der Waals surface area contributed by atoms with Crippen LogP contribution in [0.3, 0.4) is 0 Å². The van der Waals surface area contributed by atoms with Crippen LogP contribution in [0.25, 0.3) is 17.4 Å². The Morgan fingerprint density at radius 3 is 2.80 bits per heavy atom. The van der Waals surface area contributed by atoms with E-state index in [0.717, 1.165) is 11.4 Å². The Bertz CT molecular complexity index is 1040. The number of fused-ring (bicyclic) bond motifs is 1. The van der Waals surface area contributed by atoms with Gasteiger partial charge in [0.15, 0.2) is 5.76 Å². The number of halogens is 1. The van der Waals surface area contributed by atoms with Crippen LogP contribution < -0.4 is 10.1 Å². The second kappa shape index (κ2) is 6.10. The third kappa shape index (κ3) is 2.89. The van der Waals surface area contributed by atoms with Gasteiger partial charge in [0.05, 0.1) is 18.4 Å². The number of nitrogens with one attached hydrogen (secondary N) is 1. The van der Waals surface area contributed by atoms with E-state index in [-0.39, 0.29) is 0 Å². The zero-order valence-corrected chi connectivity index (χ0v) is 14.3. The van der Waals surface area contributed by atoms with Gasteiger partial charge in [-0.25, -0.2) is 4.98 Å². The molecule has 0 atom stereocenters. The van der Waals surface area contributed by atoms with Gasteiger partial charge in [0.2, 0.25) is 5.82 Å². The Morgan fingerprint density at radius 1 is 1.20 bits per heavy atom. The minimum absolute atomic E-state index is 0.471. The highest BCUT2D eigenvalue weighted by molar-refractivity contribution is 6.32. The van der Waals surface area contributed by atoms with E-state index in [4.69, 9.17) is 20.8 Å². The molecule has 0 spiro atoms. The fraction of sp³-hybridized carbons (Fsp3) is 0.118. The first-order chi connectivity index (χ1) is 12.1. The first kappa shape index (κ1) is 15.5. The van der Waals surface area contributed by atoms with E-state index >= 15 is 0 Å². The Labute approximate surface area is 148 Å². The van der Waals surface area contributed by atoms with Crippen molar-refractivity contribution >= 4 is 28.9 Å². The monoisotopic (exact) mass is 355 g/mol. The van der Waals surface area contributed by atoms with Crippen molar-refractivity contribution in [2.75, 3.05) is 12.4 Å². The van der Waals surface area contributed by atoms with E-state index in [9.17, 15) is 0 Å². The molecule has 4 aromatic rings. The standard InChI is InChI=1S/C17H14ClN5O2/c1-10-8-15(20-11-5-6-13(24-2)12(18)9-11)23-17(19-10)21-16(22-23)14-4-3-7-25-14/h3-9,20H,1-2H3. The van der Waals surface area contributed by atoms with E-state index in [1.807, 2.05) is 19.1 Å². The largest absolute Gasteiger partial charge is 0.495 e. The van der Waals surface area contributed by atoms with Gasteiger partial charge in [0.25, 0.3) is 5.78 Å². The number of benzene rings is 1. The van der Waals surface area contributed by atoms with Crippen LogP contribution in [0.5, 0.6) is 5.75 Å². The Morgan fingerprint density at radius 2 is 2.08 bits per heavy atom. The van der Waals surface area contributed by atoms with Crippen molar-refractivity contribution in [3.05, 3.63) is 53.4 Å². The van der Waals surface area contributed by atoms with E-state index in [1.54, 1.807) is 42.2 Å². The number of ether oxygens (including phenoxy) is 1. The maximum Gasteiger partial charge on any atom is 0.255 e. The lowest BCUT2D eigenvalue weighted by Crippen LogP contribution is -2.02. The molecule has 0 bridgehead atoms. The zero-order valence-electron chi connectivity index (χ0n) is 13.5. The van der Waals surface area contributed by atoms with Crippen LogP contribution >= 0.6 is 11.6 Å². The van der Waals surface area contributed by atoms with Gasteiger partial charge in [-0.1, -0.05) is 11.6 Å². The van der Waals surface area contributed by atoms with Gasteiger partial charge in [0, 0.05) is 17.4 Å². The number of hydrogen-bond donors (Lipinski definition) is 1. The summed E-state index contributed by atoms with van der Waals surface area (Å²) in [6, 6.07) is 10.9. The molecule has 0 radical (unpaired) electrons. The highest BCUT2D eigenvalue weighted by atomic mass is 35.5. The van der Waals surface area contributed by atoms with Gasteiger partial charge < -0.3 is 14.5 Å². The molecule has 8 heteroatoms. The van der Waals surface area contributed by atoms with Crippen molar-refractivity contribution in [3.63, 3.8) is 0 Å². The molecule has 1 N–H and O–H groups in total. The minimum Gasteiger partial charge on any atom is -0.495 e. The molecule has 0 amide bonds. The van der Waals surface area contributed by atoms with Crippen molar-refractivity contribution < 1.29 is 9.15 Å². The molecule has 0 saturated carbocycles. The second-order valence-corrected chi connectivity index (χ2v) is 5.79. The minimum atomic E-state index is 0.471. The van der Waals surface area contributed by atoms with E-state index in [0.29, 0.717) is 34.0 Å². The molecule has 7 nitrogen and oxygen atoms in total. The number of aryl methyl sites for hydroxylation is 1. The summed E-state index contributed by atoms with van der Waals surface area (Å²) in [5, 5.41) is 8.28. The molecular formula is C17H14ClN5O2. The molecule has 4 rings (SSSR count). The number of hydrogen-bond acceptors (Lipinski definition) is 6. The Balaban J connectivity index is 1.77. The van der Waals surface area contributed by atoms with Crippen molar-refractivity contribution in [2.45, 2.75) is 6.92 Å². The lowest BCUT2D eigenvalue weighted by molar-refractivity contribution is 0.415. The molecule has 0 unspecified atom stereocenters. The average molecular weight is 356 g/mol. The summed E-state index contributed by atoms with van der Waals surface area (Å²) < 4.78 is 12.2. The second-order valence-electron chi connectivity index (χ2n) is 5.38. The summed E-state index contributed by atoms with van der Waals surface area (Å²) in [4.78, 5) is 8.84. The maximum atomic E-state index is 6.19. The van der Waals surface area contributed by atoms with Crippen molar-refractivity contribution in [3.8, 4) is 17.3 Å². The Hall–Kier alpha value is -3.06. The van der Waals surface area contributed by atoms with Gasteiger partial charge in [-0.15, -0.1) is 5.10 Å². The molecular weight excluding hydrogens is 342 g/mol. The SMILES string of the molecule is COc1ccc(Nc2cc(C)nc3nc(-c4ccco4)nn23)cc1Cl. The topological polar surface area (TPSA) is 77.5 Å². The fourth-order valence-electron chi connectivity index (χ4n) is 2.48. The van der Waals surface area contributed by atoms with E-state index < -0.39 is 0 Å². The number of aromatic nitrogens is 4. The highest BCUT2D eigenvalue weighted by Crippen LogP contribution is 2.29. The quantitative estimate of drug-likeness (QED) is 0.594. The number of methoxy groups -OCH3 is 1. The van der Waals surface area contributed by atoms with E-state index in [2.05, 4.69) is 20.4 Å². The summed E-state index contributed by atoms with van der Waals surface area (Å²) in [5.41, 5.74) is 1.61. The number of anilines is 2. The molecule has 3 aromatic heterocycles. The van der Waals surface area contributed by atoms with Gasteiger partial charge in [-0.2, -0.15) is 9.50 Å². The molecule has 0 fully saturated rings. The van der Waals surface area contributed by atoms with Crippen LogP contribution in [0.15, 0.2) is 47.1 Å². The van der Waals surface area contributed by atoms with Crippen LogP contribution in [0.1, 0.15) is 5.69 Å². The van der Waals surface area contributed by atoms with Crippen LogP contribution in [0, 0.1) is 6.92 Å². The van der Waals surface area contributed by atoms with Crippen molar-refractivity contribution in [2.24, 2.45) is 0 Å². The number of furan rings is 1. The molecule has 0 saturated heterocycles. The third-order valence-electron chi connectivity index (χ3n) is 3.61. The number of nitrogens with zero attached hydrogens (tertiary/aromatic N) is 4. The molecule has 0 aliphatic heterocycles. The molecule has 0 aliphatic rings. The van der Waals surface area contributed by atoms with Crippen LogP contribution in [0.4, 0.5) is 11.5 Å². The van der Waals surface area contributed by atoms with Crippen LogP contribution in [0.2, 0.25) is 5.02 Å². The predicted octanol–water partition coefficient (Wildman–Crippen LogP) is 4.10.